The topological polar surface area (TPSA) is 68.1 Å². The van der Waals surface area contributed by atoms with Gasteiger partial charge in [0.25, 0.3) is 0 Å². The van der Waals surface area contributed by atoms with E-state index in [1.165, 1.54) is 0 Å². The zero-order chi connectivity index (χ0) is 12.8. The monoisotopic (exact) mass is 247 g/mol. The molecule has 0 unspecified atom stereocenters. The van der Waals surface area contributed by atoms with Crippen LogP contribution in [0.2, 0.25) is 0 Å². The van der Waals surface area contributed by atoms with Crippen LogP contribution in [0.1, 0.15) is 18.9 Å². The maximum atomic E-state index is 11.9. The third kappa shape index (κ3) is 1.33. The summed E-state index contributed by atoms with van der Waals surface area (Å²) in [6, 6.07) is 7.23. The second-order valence-electron chi connectivity index (χ2n) is 4.45. The van der Waals surface area contributed by atoms with Gasteiger partial charge in [0.05, 0.1) is 18.2 Å². The lowest BCUT2D eigenvalue weighted by molar-refractivity contribution is -0.154. The summed E-state index contributed by atoms with van der Waals surface area (Å²) in [4.78, 5) is 11.9. The molecule has 1 heterocycles. The average Bonchev–Trinajstić information content (AvgIpc) is 3.11. The molecule has 0 aromatic heterocycles. The Morgan fingerprint density at radius 2 is 2.39 bits per heavy atom. The third-order valence-corrected chi connectivity index (χ3v) is 3.42. The van der Waals surface area contributed by atoms with Gasteiger partial charge in [0.2, 0.25) is 5.60 Å². The van der Waals surface area contributed by atoms with E-state index in [1.54, 1.807) is 13.0 Å². The van der Waals surface area contributed by atoms with E-state index in [2.05, 4.69) is 5.16 Å². The van der Waals surface area contributed by atoms with Crippen molar-refractivity contribution in [2.24, 2.45) is 11.1 Å². The Hall–Kier alpha value is -2.04. The van der Waals surface area contributed by atoms with Gasteiger partial charge in [-0.2, -0.15) is 0 Å². The van der Waals surface area contributed by atoms with Crippen LogP contribution in [0.4, 0.5) is 0 Å². The molecular formula is C13H13NO4. The Labute approximate surface area is 104 Å². The van der Waals surface area contributed by atoms with Gasteiger partial charge in [0.1, 0.15) is 5.75 Å². The summed E-state index contributed by atoms with van der Waals surface area (Å²) in [5.74, 6) is -0.0331. The molecule has 1 saturated carbocycles. The van der Waals surface area contributed by atoms with Gasteiger partial charge in [-0.05, 0) is 19.1 Å². The fraction of sp³-hybridized carbons (Fsp3) is 0.385. The lowest BCUT2D eigenvalue weighted by Crippen LogP contribution is -2.39. The number of carbonyl (C=O) groups is 1. The van der Waals surface area contributed by atoms with Crippen LogP contribution in [0, 0.1) is 5.92 Å². The molecule has 2 aliphatic rings. The summed E-state index contributed by atoms with van der Waals surface area (Å²) in [6.07, 6.45) is 0.500. The predicted molar refractivity (Wildman–Crippen MR) is 62.9 cm³/mol. The second kappa shape index (κ2) is 3.73. The summed E-state index contributed by atoms with van der Waals surface area (Å²) in [5.41, 5.74) is 0.263. The maximum Gasteiger partial charge on any atom is 0.351 e. The van der Waals surface area contributed by atoms with Crippen molar-refractivity contribution < 1.29 is 19.5 Å². The second-order valence-corrected chi connectivity index (χ2v) is 4.45. The van der Waals surface area contributed by atoms with Crippen molar-refractivity contribution in [3.05, 3.63) is 29.8 Å². The number of hydrogen-bond donors (Lipinski definition) is 1. The number of fused-ring (bicyclic) bond motifs is 2. The van der Waals surface area contributed by atoms with E-state index < -0.39 is 5.60 Å². The SMILES string of the molecule is CCOC(=O)[C@]12C[C@H]1/C(=N\O)c1ccccc1O2. The molecule has 1 aromatic carbocycles. The largest absolute Gasteiger partial charge is 0.474 e. The van der Waals surface area contributed by atoms with Gasteiger partial charge in [-0.25, -0.2) is 4.79 Å². The van der Waals surface area contributed by atoms with Crippen LogP contribution in [-0.2, 0) is 9.53 Å². The summed E-state index contributed by atoms with van der Waals surface area (Å²) in [5, 5.41) is 12.5. The highest BCUT2D eigenvalue weighted by atomic mass is 16.6. The molecule has 5 heteroatoms. The van der Waals surface area contributed by atoms with Crippen molar-refractivity contribution in [1.29, 1.82) is 0 Å². The summed E-state index contributed by atoms with van der Waals surface area (Å²) < 4.78 is 10.8. The minimum atomic E-state index is -0.980. The Morgan fingerprint density at radius 3 is 3.11 bits per heavy atom. The molecule has 0 bridgehead atoms. The number of para-hydroxylation sites is 1. The molecule has 3 rings (SSSR count). The quantitative estimate of drug-likeness (QED) is 0.489. The molecule has 1 aromatic rings. The Morgan fingerprint density at radius 1 is 1.61 bits per heavy atom. The fourth-order valence-electron chi connectivity index (χ4n) is 2.47. The van der Waals surface area contributed by atoms with Gasteiger partial charge in [-0.3, -0.25) is 0 Å². The lowest BCUT2D eigenvalue weighted by atomic mass is 10.00. The van der Waals surface area contributed by atoms with Crippen molar-refractivity contribution >= 4 is 11.7 Å². The van der Waals surface area contributed by atoms with Gasteiger partial charge in [0.15, 0.2) is 0 Å². The van der Waals surface area contributed by atoms with Crippen molar-refractivity contribution in [3.63, 3.8) is 0 Å². The molecule has 5 nitrogen and oxygen atoms in total. The Balaban J connectivity index is 2.01. The van der Waals surface area contributed by atoms with Gasteiger partial charge in [-0.1, -0.05) is 17.3 Å². The number of carbonyl (C=O) groups excluding carboxylic acids is 1. The first-order valence-corrected chi connectivity index (χ1v) is 5.90. The molecule has 0 spiro atoms. The number of rotatable bonds is 2. The van der Waals surface area contributed by atoms with Crippen molar-refractivity contribution in [1.82, 2.24) is 0 Å². The Kier molecular flexibility index (Phi) is 2.29. The van der Waals surface area contributed by atoms with Gasteiger partial charge < -0.3 is 14.7 Å². The number of esters is 1. The highest BCUT2D eigenvalue weighted by Gasteiger charge is 2.69. The van der Waals surface area contributed by atoms with Crippen molar-refractivity contribution in [2.45, 2.75) is 18.9 Å². The van der Waals surface area contributed by atoms with E-state index in [4.69, 9.17) is 14.7 Å². The zero-order valence-electron chi connectivity index (χ0n) is 9.92. The molecule has 1 aliphatic carbocycles. The van der Waals surface area contributed by atoms with E-state index in [0.717, 1.165) is 5.56 Å². The molecule has 1 fully saturated rings. The first-order valence-electron chi connectivity index (χ1n) is 5.90. The van der Waals surface area contributed by atoms with E-state index in [1.807, 2.05) is 18.2 Å². The van der Waals surface area contributed by atoms with Crippen LogP contribution in [0.25, 0.3) is 0 Å². The highest BCUT2D eigenvalue weighted by molar-refractivity contribution is 6.12. The molecule has 0 amide bonds. The normalized spacial score (nSPS) is 30.1. The molecule has 0 radical (unpaired) electrons. The van der Waals surface area contributed by atoms with E-state index in [0.29, 0.717) is 24.5 Å². The summed E-state index contributed by atoms with van der Waals surface area (Å²) in [6.45, 7) is 2.06. The molecule has 1 aliphatic heterocycles. The smallest absolute Gasteiger partial charge is 0.351 e. The van der Waals surface area contributed by atoms with Crippen LogP contribution < -0.4 is 4.74 Å². The van der Waals surface area contributed by atoms with Gasteiger partial charge >= 0.3 is 5.97 Å². The predicted octanol–water partition coefficient (Wildman–Crippen LogP) is 1.58. The molecule has 0 saturated heterocycles. The fourth-order valence-corrected chi connectivity index (χ4v) is 2.47. The van der Waals surface area contributed by atoms with E-state index in [9.17, 15) is 4.79 Å². The van der Waals surface area contributed by atoms with Crippen LogP contribution in [0.5, 0.6) is 5.75 Å². The minimum absolute atomic E-state index is 0.212. The number of ether oxygens (including phenoxy) is 2. The molecule has 18 heavy (non-hydrogen) atoms. The minimum Gasteiger partial charge on any atom is -0.474 e. The molecule has 94 valence electrons. The van der Waals surface area contributed by atoms with Crippen LogP contribution >= 0.6 is 0 Å². The number of benzene rings is 1. The standard InChI is InChI=1S/C13H13NO4/c1-2-17-12(15)13-7-9(13)11(14-16)8-5-3-4-6-10(8)18-13/h3-6,9,16H,2,7H2,1H3/b14-11-/t9-,13-/m0/s1. The third-order valence-electron chi connectivity index (χ3n) is 3.42. The van der Waals surface area contributed by atoms with Crippen LogP contribution in [-0.4, -0.2) is 29.1 Å². The number of nitrogens with zero attached hydrogens (tertiary/aromatic N) is 1. The van der Waals surface area contributed by atoms with E-state index >= 15 is 0 Å². The van der Waals surface area contributed by atoms with Crippen molar-refractivity contribution in [2.75, 3.05) is 6.61 Å². The molecule has 2 atom stereocenters. The van der Waals surface area contributed by atoms with Crippen LogP contribution in [0.3, 0.4) is 0 Å². The number of oxime groups is 1. The molecule has 1 N–H and O–H groups in total. The maximum absolute atomic E-state index is 11.9. The first-order chi connectivity index (χ1) is 8.73. The van der Waals surface area contributed by atoms with Crippen LogP contribution in [0.15, 0.2) is 29.4 Å². The summed E-state index contributed by atoms with van der Waals surface area (Å²) in [7, 11) is 0. The number of hydrogen-bond acceptors (Lipinski definition) is 5. The Bertz CT molecular complexity index is 540. The lowest BCUT2D eigenvalue weighted by Gasteiger charge is -2.24. The zero-order valence-corrected chi connectivity index (χ0v) is 9.92. The van der Waals surface area contributed by atoms with Crippen molar-refractivity contribution in [3.8, 4) is 5.75 Å². The molecular weight excluding hydrogens is 234 g/mol. The van der Waals surface area contributed by atoms with Gasteiger partial charge in [-0.15, -0.1) is 0 Å². The average molecular weight is 247 g/mol. The summed E-state index contributed by atoms with van der Waals surface area (Å²) >= 11 is 0. The first kappa shape index (κ1) is 11.1. The van der Waals surface area contributed by atoms with E-state index in [-0.39, 0.29) is 11.9 Å². The highest BCUT2D eigenvalue weighted by Crippen LogP contribution is 2.54. The van der Waals surface area contributed by atoms with Gasteiger partial charge in [0, 0.05) is 12.0 Å².